The van der Waals surface area contributed by atoms with E-state index in [0.717, 1.165) is 36.6 Å². The number of carboxylic acids is 1. The van der Waals surface area contributed by atoms with Gasteiger partial charge in [-0.2, -0.15) is 11.3 Å². The lowest BCUT2D eigenvalue weighted by Gasteiger charge is -2.37. The normalized spacial score (nSPS) is 23.3. The third-order valence-corrected chi connectivity index (χ3v) is 5.62. The minimum Gasteiger partial charge on any atom is -0.481 e. The molecule has 0 radical (unpaired) electrons. The fourth-order valence-corrected chi connectivity index (χ4v) is 4.30. The molecule has 1 aliphatic rings. The zero-order chi connectivity index (χ0) is 14.9. The molecule has 4 nitrogen and oxygen atoms in total. The molecule has 1 saturated heterocycles. The van der Waals surface area contributed by atoms with Gasteiger partial charge in [0.25, 0.3) is 0 Å². The topological polar surface area (TPSA) is 53.4 Å². The van der Waals surface area contributed by atoms with Crippen LogP contribution in [0, 0.1) is 5.41 Å². The number of carbonyl (C=O) groups is 1. The number of hydrogen-bond donors (Lipinski definition) is 1. The van der Waals surface area contributed by atoms with Gasteiger partial charge in [-0.05, 0) is 37.8 Å². The molecule has 21 heavy (non-hydrogen) atoms. The summed E-state index contributed by atoms with van der Waals surface area (Å²) < 4.78 is 0. The van der Waals surface area contributed by atoms with E-state index in [1.165, 1.54) is 5.56 Å². The molecule has 6 heteroatoms. The first-order chi connectivity index (χ1) is 10.1. The Hall–Kier alpha value is -1.24. The van der Waals surface area contributed by atoms with E-state index in [9.17, 15) is 9.90 Å². The summed E-state index contributed by atoms with van der Waals surface area (Å²) in [5.74, 6) is -0.690. The predicted octanol–water partition coefficient (Wildman–Crippen LogP) is 3.56. The zero-order valence-electron chi connectivity index (χ0n) is 11.9. The monoisotopic (exact) mass is 322 g/mol. The summed E-state index contributed by atoms with van der Waals surface area (Å²) >= 11 is 3.33. The summed E-state index contributed by atoms with van der Waals surface area (Å²) in [6, 6.07) is 2.08. The van der Waals surface area contributed by atoms with Gasteiger partial charge in [0.1, 0.15) is 5.01 Å². The highest BCUT2D eigenvalue weighted by Crippen LogP contribution is 2.31. The number of nitrogens with zero attached hydrogens (tertiary/aromatic N) is 2. The number of aromatic nitrogens is 1. The van der Waals surface area contributed by atoms with Crippen LogP contribution >= 0.6 is 22.7 Å². The Balaban J connectivity index is 1.68. The van der Waals surface area contributed by atoms with Crippen LogP contribution in [-0.4, -0.2) is 34.0 Å². The molecule has 1 atom stereocenters. The van der Waals surface area contributed by atoms with E-state index in [4.69, 9.17) is 0 Å². The summed E-state index contributed by atoms with van der Waals surface area (Å²) in [5, 5.41) is 16.7. The Kier molecular flexibility index (Phi) is 4.10. The van der Waals surface area contributed by atoms with E-state index in [-0.39, 0.29) is 0 Å². The van der Waals surface area contributed by atoms with Gasteiger partial charge in [0.2, 0.25) is 0 Å². The van der Waals surface area contributed by atoms with Crippen molar-refractivity contribution >= 4 is 28.6 Å². The van der Waals surface area contributed by atoms with Gasteiger partial charge < -0.3 is 5.11 Å². The Morgan fingerprint density at radius 2 is 2.38 bits per heavy atom. The molecule has 1 fully saturated rings. The van der Waals surface area contributed by atoms with Crippen molar-refractivity contribution in [2.75, 3.05) is 13.1 Å². The van der Waals surface area contributed by atoms with Crippen molar-refractivity contribution in [2.24, 2.45) is 5.41 Å². The van der Waals surface area contributed by atoms with Crippen LogP contribution in [0.2, 0.25) is 0 Å². The summed E-state index contributed by atoms with van der Waals surface area (Å²) in [7, 11) is 0. The first kappa shape index (κ1) is 14.7. The molecule has 0 spiro atoms. The predicted molar refractivity (Wildman–Crippen MR) is 85.7 cm³/mol. The average Bonchev–Trinajstić information content (AvgIpc) is 3.08. The van der Waals surface area contributed by atoms with Gasteiger partial charge in [-0.15, -0.1) is 11.3 Å². The first-order valence-corrected chi connectivity index (χ1v) is 8.82. The minimum atomic E-state index is -0.690. The number of piperidine rings is 1. The fraction of sp³-hybridized carbons (Fsp3) is 0.467. The quantitative estimate of drug-likeness (QED) is 0.935. The second-order valence-electron chi connectivity index (χ2n) is 5.84. The molecule has 3 heterocycles. The maximum atomic E-state index is 11.4. The lowest BCUT2D eigenvalue weighted by atomic mass is 9.82. The van der Waals surface area contributed by atoms with E-state index in [1.54, 1.807) is 22.7 Å². The van der Waals surface area contributed by atoms with Crippen LogP contribution in [0.1, 0.15) is 25.5 Å². The lowest BCUT2D eigenvalue weighted by Crippen LogP contribution is -2.45. The van der Waals surface area contributed by atoms with Crippen LogP contribution in [0.15, 0.2) is 22.2 Å². The Morgan fingerprint density at radius 3 is 3.10 bits per heavy atom. The van der Waals surface area contributed by atoms with Crippen molar-refractivity contribution in [3.63, 3.8) is 0 Å². The molecule has 3 rings (SSSR count). The molecule has 1 aliphatic heterocycles. The number of rotatable bonds is 4. The third kappa shape index (κ3) is 3.17. The van der Waals surface area contributed by atoms with Crippen LogP contribution in [-0.2, 0) is 11.3 Å². The Morgan fingerprint density at radius 1 is 1.52 bits per heavy atom. The maximum absolute atomic E-state index is 11.4. The van der Waals surface area contributed by atoms with Gasteiger partial charge >= 0.3 is 5.97 Å². The third-order valence-electron chi connectivity index (χ3n) is 4.00. The highest BCUT2D eigenvalue weighted by atomic mass is 32.1. The number of hydrogen-bond acceptors (Lipinski definition) is 5. The Labute approximate surface area is 132 Å². The summed E-state index contributed by atoms with van der Waals surface area (Å²) in [6.45, 7) is 4.14. The summed E-state index contributed by atoms with van der Waals surface area (Å²) in [4.78, 5) is 18.3. The maximum Gasteiger partial charge on any atom is 0.310 e. The number of thiazole rings is 1. The number of thiophene rings is 1. The molecule has 112 valence electrons. The lowest BCUT2D eigenvalue weighted by molar-refractivity contribution is -0.151. The van der Waals surface area contributed by atoms with Gasteiger partial charge in [-0.3, -0.25) is 9.69 Å². The molecular weight excluding hydrogens is 304 g/mol. The first-order valence-electron chi connectivity index (χ1n) is 6.99. The van der Waals surface area contributed by atoms with E-state index in [1.807, 2.05) is 6.92 Å². The molecule has 0 bridgehead atoms. The highest BCUT2D eigenvalue weighted by molar-refractivity contribution is 7.14. The smallest absolute Gasteiger partial charge is 0.310 e. The molecule has 0 aliphatic carbocycles. The molecule has 1 unspecified atom stereocenters. The van der Waals surface area contributed by atoms with Gasteiger partial charge in [-0.25, -0.2) is 4.98 Å². The van der Waals surface area contributed by atoms with Crippen LogP contribution in [0.5, 0.6) is 0 Å². The van der Waals surface area contributed by atoms with Crippen LogP contribution in [0.25, 0.3) is 10.6 Å². The minimum absolute atomic E-state index is 0.605. The van der Waals surface area contributed by atoms with Gasteiger partial charge in [-0.1, -0.05) is 0 Å². The fourth-order valence-electron chi connectivity index (χ4n) is 2.78. The number of aliphatic carboxylic acids is 1. The largest absolute Gasteiger partial charge is 0.481 e. The second-order valence-corrected chi connectivity index (χ2v) is 7.47. The van der Waals surface area contributed by atoms with Crippen LogP contribution in [0.3, 0.4) is 0 Å². The van der Waals surface area contributed by atoms with Crippen molar-refractivity contribution in [3.8, 4) is 10.6 Å². The van der Waals surface area contributed by atoms with Crippen molar-refractivity contribution in [1.29, 1.82) is 0 Å². The summed E-state index contributed by atoms with van der Waals surface area (Å²) in [5.41, 5.74) is 1.59. The van der Waals surface area contributed by atoms with E-state index in [2.05, 4.69) is 32.1 Å². The van der Waals surface area contributed by atoms with Gasteiger partial charge in [0, 0.05) is 29.4 Å². The van der Waals surface area contributed by atoms with Crippen molar-refractivity contribution < 1.29 is 9.90 Å². The molecule has 1 N–H and O–H groups in total. The van der Waals surface area contributed by atoms with E-state index in [0.29, 0.717) is 6.54 Å². The highest BCUT2D eigenvalue weighted by Gasteiger charge is 2.37. The zero-order valence-corrected chi connectivity index (χ0v) is 13.5. The molecule has 2 aromatic heterocycles. The molecule has 0 saturated carbocycles. The molecule has 0 amide bonds. The van der Waals surface area contributed by atoms with Crippen molar-refractivity contribution in [2.45, 2.75) is 26.3 Å². The van der Waals surface area contributed by atoms with Crippen LogP contribution < -0.4 is 0 Å². The SMILES string of the molecule is CC1(C(=O)O)CCCN(Cc2csc(-c3ccsc3)n2)C1. The second kappa shape index (κ2) is 5.87. The Bertz CT molecular complexity index is 623. The molecular formula is C15H18N2O2S2. The number of likely N-dealkylation sites (tertiary alicyclic amines) is 1. The van der Waals surface area contributed by atoms with Crippen LogP contribution in [0.4, 0.5) is 0 Å². The average molecular weight is 322 g/mol. The van der Waals surface area contributed by atoms with Gasteiger partial charge in [0.05, 0.1) is 11.1 Å². The van der Waals surface area contributed by atoms with E-state index < -0.39 is 11.4 Å². The number of carboxylic acid groups (broad SMARTS) is 1. The van der Waals surface area contributed by atoms with Crippen molar-refractivity contribution in [3.05, 3.63) is 27.9 Å². The van der Waals surface area contributed by atoms with Gasteiger partial charge in [0.15, 0.2) is 0 Å². The molecule has 2 aromatic rings. The summed E-state index contributed by atoms with van der Waals surface area (Å²) in [6.07, 6.45) is 1.69. The standard InChI is InChI=1S/C15H18N2O2S2/c1-15(14(18)19)4-2-5-17(10-15)7-12-9-21-13(16-12)11-3-6-20-8-11/h3,6,8-9H,2,4-5,7,10H2,1H3,(H,18,19). The molecule has 0 aromatic carbocycles. The van der Waals surface area contributed by atoms with E-state index >= 15 is 0 Å². The van der Waals surface area contributed by atoms with Crippen molar-refractivity contribution in [1.82, 2.24) is 9.88 Å².